The van der Waals surface area contributed by atoms with Crippen LogP contribution < -0.4 is 5.32 Å². The molecule has 1 rings (SSSR count). The quantitative estimate of drug-likeness (QED) is 0.767. The summed E-state index contributed by atoms with van der Waals surface area (Å²) in [7, 11) is 1.79. The third-order valence-corrected chi connectivity index (χ3v) is 3.85. The minimum absolute atomic E-state index is 0.0879. The molecular formula is C19H33NO. The van der Waals surface area contributed by atoms with E-state index in [1.807, 2.05) is 0 Å². The van der Waals surface area contributed by atoms with Crippen LogP contribution in [0.2, 0.25) is 0 Å². The van der Waals surface area contributed by atoms with E-state index in [4.69, 9.17) is 4.74 Å². The van der Waals surface area contributed by atoms with Crippen molar-refractivity contribution < 1.29 is 4.74 Å². The average molecular weight is 291 g/mol. The van der Waals surface area contributed by atoms with Crippen LogP contribution in [0.3, 0.4) is 0 Å². The Morgan fingerprint density at radius 1 is 1.00 bits per heavy atom. The predicted octanol–water partition coefficient (Wildman–Crippen LogP) is 4.96. The zero-order chi connectivity index (χ0) is 16.1. The van der Waals surface area contributed by atoms with Gasteiger partial charge < -0.3 is 10.1 Å². The number of benzene rings is 1. The first-order chi connectivity index (χ1) is 9.63. The van der Waals surface area contributed by atoms with Gasteiger partial charge in [0.15, 0.2) is 0 Å². The molecule has 2 heteroatoms. The zero-order valence-electron chi connectivity index (χ0n) is 14.9. The molecular weight excluding hydrogens is 258 g/mol. The summed E-state index contributed by atoms with van der Waals surface area (Å²) in [6, 6.07) is 11.6. The lowest BCUT2D eigenvalue weighted by molar-refractivity contribution is 0.00725. The molecule has 1 N–H and O–H groups in total. The van der Waals surface area contributed by atoms with Crippen LogP contribution in [-0.2, 0) is 4.74 Å². The molecule has 0 fully saturated rings. The van der Waals surface area contributed by atoms with Crippen LogP contribution in [0.1, 0.15) is 66.0 Å². The molecule has 0 bridgehead atoms. The summed E-state index contributed by atoms with van der Waals surface area (Å²) in [6.45, 7) is 13.4. The summed E-state index contributed by atoms with van der Waals surface area (Å²) in [6.07, 6.45) is 2.12. The van der Waals surface area contributed by atoms with Gasteiger partial charge in [0.25, 0.3) is 0 Å². The summed E-state index contributed by atoms with van der Waals surface area (Å²) in [4.78, 5) is 0. The van der Waals surface area contributed by atoms with E-state index in [1.54, 1.807) is 7.11 Å². The molecule has 2 nitrogen and oxygen atoms in total. The van der Waals surface area contributed by atoms with Crippen molar-refractivity contribution in [1.29, 1.82) is 0 Å². The highest BCUT2D eigenvalue weighted by atomic mass is 16.5. The predicted molar refractivity (Wildman–Crippen MR) is 91.6 cm³/mol. The van der Waals surface area contributed by atoms with Crippen LogP contribution in [0.4, 0.5) is 0 Å². The second-order valence-corrected chi connectivity index (χ2v) is 7.96. The van der Waals surface area contributed by atoms with Crippen LogP contribution in [0.15, 0.2) is 30.3 Å². The number of nitrogens with one attached hydrogen (secondary N) is 1. The standard InChI is InChI=1S/C19H33NO/c1-15(13-19(5,6)21-7)20-17(14-18(2,3)4)16-11-9-8-10-12-16/h8-12,15,17,20H,13-14H2,1-7H3. The third-order valence-electron chi connectivity index (χ3n) is 3.85. The summed E-state index contributed by atoms with van der Waals surface area (Å²) in [5, 5.41) is 3.80. The van der Waals surface area contributed by atoms with E-state index < -0.39 is 0 Å². The van der Waals surface area contributed by atoms with Gasteiger partial charge in [-0.2, -0.15) is 0 Å². The van der Waals surface area contributed by atoms with Gasteiger partial charge in [0.2, 0.25) is 0 Å². The molecule has 120 valence electrons. The van der Waals surface area contributed by atoms with Crippen molar-refractivity contribution in [2.75, 3.05) is 7.11 Å². The molecule has 0 radical (unpaired) electrons. The van der Waals surface area contributed by atoms with Gasteiger partial charge in [-0.05, 0) is 44.6 Å². The Labute approximate surface area is 131 Å². The molecule has 0 spiro atoms. The van der Waals surface area contributed by atoms with Crippen LogP contribution in [0.25, 0.3) is 0 Å². The van der Waals surface area contributed by atoms with E-state index in [0.29, 0.717) is 17.5 Å². The first kappa shape index (κ1) is 18.2. The minimum Gasteiger partial charge on any atom is -0.379 e. The Balaban J connectivity index is 2.79. The lowest BCUT2D eigenvalue weighted by atomic mass is 9.85. The van der Waals surface area contributed by atoms with Gasteiger partial charge in [0.1, 0.15) is 0 Å². The number of rotatable bonds is 7. The van der Waals surface area contributed by atoms with E-state index in [0.717, 1.165) is 12.8 Å². The minimum atomic E-state index is -0.0879. The summed E-state index contributed by atoms with van der Waals surface area (Å²) in [5.41, 5.74) is 1.58. The maximum absolute atomic E-state index is 5.56. The Morgan fingerprint density at radius 3 is 2.05 bits per heavy atom. The number of methoxy groups -OCH3 is 1. The van der Waals surface area contributed by atoms with Gasteiger partial charge >= 0.3 is 0 Å². The van der Waals surface area contributed by atoms with Gasteiger partial charge in [-0.15, -0.1) is 0 Å². The summed E-state index contributed by atoms with van der Waals surface area (Å²) in [5.74, 6) is 0. The van der Waals surface area contributed by atoms with Crippen molar-refractivity contribution in [3.05, 3.63) is 35.9 Å². The fraction of sp³-hybridized carbons (Fsp3) is 0.684. The number of ether oxygens (including phenoxy) is 1. The molecule has 0 aliphatic rings. The van der Waals surface area contributed by atoms with Gasteiger partial charge in [0, 0.05) is 19.2 Å². The molecule has 0 heterocycles. The van der Waals surface area contributed by atoms with Crippen molar-refractivity contribution in [1.82, 2.24) is 5.32 Å². The van der Waals surface area contributed by atoms with Crippen LogP contribution in [0.5, 0.6) is 0 Å². The molecule has 0 aromatic heterocycles. The van der Waals surface area contributed by atoms with E-state index >= 15 is 0 Å². The molecule has 21 heavy (non-hydrogen) atoms. The van der Waals surface area contributed by atoms with E-state index in [1.165, 1.54) is 5.56 Å². The average Bonchev–Trinajstić information content (AvgIpc) is 2.37. The highest BCUT2D eigenvalue weighted by molar-refractivity contribution is 5.19. The van der Waals surface area contributed by atoms with E-state index in [2.05, 4.69) is 77.2 Å². The van der Waals surface area contributed by atoms with Gasteiger partial charge in [-0.3, -0.25) is 0 Å². The van der Waals surface area contributed by atoms with Crippen molar-refractivity contribution in [3.63, 3.8) is 0 Å². The van der Waals surface area contributed by atoms with Crippen molar-refractivity contribution >= 4 is 0 Å². The molecule has 0 saturated carbocycles. The normalized spacial score (nSPS) is 15.8. The van der Waals surface area contributed by atoms with Crippen molar-refractivity contribution in [2.45, 2.75) is 72.1 Å². The third kappa shape index (κ3) is 7.10. The van der Waals surface area contributed by atoms with Gasteiger partial charge in [0.05, 0.1) is 5.60 Å². The van der Waals surface area contributed by atoms with Crippen LogP contribution in [0, 0.1) is 5.41 Å². The maximum Gasteiger partial charge on any atom is 0.0637 e. The lowest BCUT2D eigenvalue weighted by Gasteiger charge is -2.33. The molecule has 2 atom stereocenters. The smallest absolute Gasteiger partial charge is 0.0637 e. The second-order valence-electron chi connectivity index (χ2n) is 7.96. The fourth-order valence-corrected chi connectivity index (χ4v) is 2.79. The monoisotopic (exact) mass is 291 g/mol. The molecule has 0 aliphatic heterocycles. The highest BCUT2D eigenvalue weighted by Gasteiger charge is 2.25. The van der Waals surface area contributed by atoms with Gasteiger partial charge in [-0.1, -0.05) is 51.1 Å². The second kappa shape index (κ2) is 7.42. The molecule has 2 unspecified atom stereocenters. The SMILES string of the molecule is COC(C)(C)CC(C)NC(CC(C)(C)C)c1ccccc1. The highest BCUT2D eigenvalue weighted by Crippen LogP contribution is 2.30. The Hall–Kier alpha value is -0.860. The zero-order valence-corrected chi connectivity index (χ0v) is 14.9. The van der Waals surface area contributed by atoms with Gasteiger partial charge in [-0.25, -0.2) is 0 Å². The largest absolute Gasteiger partial charge is 0.379 e. The molecule has 1 aromatic rings. The molecule has 0 aliphatic carbocycles. The molecule has 0 saturated heterocycles. The van der Waals surface area contributed by atoms with Crippen LogP contribution in [-0.4, -0.2) is 18.8 Å². The Kier molecular flexibility index (Phi) is 6.42. The summed E-state index contributed by atoms with van der Waals surface area (Å²) < 4.78 is 5.56. The first-order valence-electron chi connectivity index (χ1n) is 7.99. The first-order valence-corrected chi connectivity index (χ1v) is 7.99. The van der Waals surface area contributed by atoms with Crippen molar-refractivity contribution in [2.24, 2.45) is 5.41 Å². The number of hydrogen-bond acceptors (Lipinski definition) is 2. The van der Waals surface area contributed by atoms with Crippen molar-refractivity contribution in [3.8, 4) is 0 Å². The summed E-state index contributed by atoms with van der Waals surface area (Å²) >= 11 is 0. The fourth-order valence-electron chi connectivity index (χ4n) is 2.79. The molecule has 0 amide bonds. The Bertz CT molecular complexity index is 405. The lowest BCUT2D eigenvalue weighted by Crippen LogP contribution is -2.38. The molecule has 1 aromatic carbocycles. The van der Waals surface area contributed by atoms with E-state index in [-0.39, 0.29) is 5.60 Å². The maximum atomic E-state index is 5.56. The Morgan fingerprint density at radius 2 is 1.57 bits per heavy atom. The number of hydrogen-bond donors (Lipinski definition) is 1. The van der Waals surface area contributed by atoms with E-state index in [9.17, 15) is 0 Å². The topological polar surface area (TPSA) is 21.3 Å². The van der Waals surface area contributed by atoms with Crippen LogP contribution >= 0.6 is 0 Å².